The number of benzene rings is 1. The molecule has 1 saturated heterocycles. The monoisotopic (exact) mass is 227 g/mol. The van der Waals surface area contributed by atoms with Gasteiger partial charge in [-0.3, -0.25) is 0 Å². The van der Waals surface area contributed by atoms with Gasteiger partial charge in [-0.2, -0.15) is 0 Å². The van der Waals surface area contributed by atoms with Gasteiger partial charge in [-0.05, 0) is 24.6 Å². The van der Waals surface area contributed by atoms with E-state index in [-0.39, 0.29) is 11.9 Å². The van der Waals surface area contributed by atoms with Gasteiger partial charge in [0.1, 0.15) is 5.82 Å². The molecule has 1 aliphatic heterocycles. The van der Waals surface area contributed by atoms with Gasteiger partial charge in [0.15, 0.2) is 0 Å². The van der Waals surface area contributed by atoms with Crippen molar-refractivity contribution in [3.8, 4) is 0 Å². The van der Waals surface area contributed by atoms with Crippen LogP contribution in [0.1, 0.15) is 18.5 Å². The summed E-state index contributed by atoms with van der Waals surface area (Å²) >= 11 is 1.54. The molecule has 0 spiro atoms. The van der Waals surface area contributed by atoms with Crippen LogP contribution in [0.25, 0.3) is 0 Å². The lowest BCUT2D eigenvalue weighted by molar-refractivity contribution is 0.0455. The first-order chi connectivity index (χ1) is 7.16. The van der Waals surface area contributed by atoms with E-state index in [4.69, 9.17) is 10.5 Å². The van der Waals surface area contributed by atoms with Crippen LogP contribution in [-0.2, 0) is 4.74 Å². The van der Waals surface area contributed by atoms with Crippen molar-refractivity contribution in [2.24, 2.45) is 5.73 Å². The zero-order valence-electron chi connectivity index (χ0n) is 8.57. The zero-order valence-corrected chi connectivity index (χ0v) is 9.39. The summed E-state index contributed by atoms with van der Waals surface area (Å²) in [5, 5.41) is 0.403. The maximum absolute atomic E-state index is 13.6. The Bertz CT molecular complexity index is 352. The van der Waals surface area contributed by atoms with Crippen LogP contribution < -0.4 is 5.73 Å². The molecular formula is C11H14FNOS. The highest BCUT2D eigenvalue weighted by Gasteiger charge is 2.21. The molecule has 15 heavy (non-hydrogen) atoms. The second-order valence-electron chi connectivity index (χ2n) is 3.76. The molecule has 1 aliphatic rings. The molecule has 0 amide bonds. The first-order valence-corrected chi connectivity index (χ1v) is 5.84. The second kappa shape index (κ2) is 4.51. The average molecular weight is 227 g/mol. The van der Waals surface area contributed by atoms with Crippen molar-refractivity contribution in [1.29, 1.82) is 0 Å². The number of rotatable bonds is 3. The molecular weight excluding hydrogens is 213 g/mol. The maximum atomic E-state index is 13.6. The van der Waals surface area contributed by atoms with Gasteiger partial charge >= 0.3 is 0 Å². The predicted octanol–water partition coefficient (Wildman–Crippen LogP) is 2.34. The van der Waals surface area contributed by atoms with E-state index in [2.05, 4.69) is 0 Å². The largest absolute Gasteiger partial charge is 0.379 e. The number of ether oxygens (including phenoxy) is 1. The number of hydrogen-bond acceptors (Lipinski definition) is 3. The lowest BCUT2D eigenvalue weighted by Gasteiger charge is -2.25. The van der Waals surface area contributed by atoms with Crippen LogP contribution in [0, 0.1) is 5.82 Å². The Balaban J connectivity index is 2.11. The highest BCUT2D eigenvalue weighted by atomic mass is 32.2. The topological polar surface area (TPSA) is 35.2 Å². The Hall–Kier alpha value is -0.580. The highest BCUT2D eigenvalue weighted by molar-refractivity contribution is 8.00. The summed E-state index contributed by atoms with van der Waals surface area (Å²) in [5.74, 6) is -0.179. The molecule has 1 aromatic carbocycles. The summed E-state index contributed by atoms with van der Waals surface area (Å²) in [6.07, 6.45) is 0. The molecule has 2 nitrogen and oxygen atoms in total. The quantitative estimate of drug-likeness (QED) is 0.860. The first kappa shape index (κ1) is 10.9. The minimum atomic E-state index is -0.179. The summed E-state index contributed by atoms with van der Waals surface area (Å²) < 4.78 is 18.7. The predicted molar refractivity (Wildman–Crippen MR) is 59.5 cm³/mol. The minimum Gasteiger partial charge on any atom is -0.379 e. The van der Waals surface area contributed by atoms with E-state index in [1.54, 1.807) is 6.07 Å². The summed E-state index contributed by atoms with van der Waals surface area (Å²) in [7, 11) is 0. The average Bonchev–Trinajstić information content (AvgIpc) is 2.12. The Kier molecular flexibility index (Phi) is 3.29. The second-order valence-corrected chi connectivity index (χ2v) is 5.10. The molecule has 4 heteroatoms. The van der Waals surface area contributed by atoms with Crippen molar-refractivity contribution < 1.29 is 9.13 Å². The Morgan fingerprint density at radius 3 is 2.73 bits per heavy atom. The van der Waals surface area contributed by atoms with Crippen LogP contribution in [0.4, 0.5) is 4.39 Å². The fourth-order valence-electron chi connectivity index (χ4n) is 1.36. The van der Waals surface area contributed by atoms with Crippen molar-refractivity contribution in [3.63, 3.8) is 0 Å². The first-order valence-electron chi connectivity index (χ1n) is 4.96. The van der Waals surface area contributed by atoms with Crippen molar-refractivity contribution in [2.75, 3.05) is 13.2 Å². The van der Waals surface area contributed by atoms with E-state index in [1.807, 2.05) is 13.0 Å². The van der Waals surface area contributed by atoms with Gasteiger partial charge in [-0.25, -0.2) is 4.39 Å². The summed E-state index contributed by atoms with van der Waals surface area (Å²) in [6.45, 7) is 3.29. The summed E-state index contributed by atoms with van der Waals surface area (Å²) in [4.78, 5) is 0.688. The van der Waals surface area contributed by atoms with E-state index in [0.717, 1.165) is 18.8 Å². The normalized spacial score (nSPS) is 18.6. The van der Waals surface area contributed by atoms with Crippen molar-refractivity contribution >= 4 is 11.8 Å². The minimum absolute atomic E-state index is 0.120. The molecule has 0 saturated carbocycles. The van der Waals surface area contributed by atoms with Crippen LogP contribution in [0.5, 0.6) is 0 Å². The summed E-state index contributed by atoms with van der Waals surface area (Å²) in [6, 6.07) is 5.09. The molecule has 1 heterocycles. The van der Waals surface area contributed by atoms with E-state index >= 15 is 0 Å². The SMILES string of the molecule is C[C@@H](N)c1ccc(SC2COC2)c(F)c1. The van der Waals surface area contributed by atoms with Gasteiger partial charge in [0.05, 0.1) is 18.5 Å². The molecule has 1 fully saturated rings. The molecule has 2 rings (SSSR count). The third-order valence-corrected chi connectivity index (χ3v) is 3.57. The van der Waals surface area contributed by atoms with Gasteiger partial charge in [0.2, 0.25) is 0 Å². The highest BCUT2D eigenvalue weighted by Crippen LogP contribution is 2.30. The van der Waals surface area contributed by atoms with Gasteiger partial charge in [-0.15, -0.1) is 11.8 Å². The van der Waals surface area contributed by atoms with Crippen molar-refractivity contribution in [2.45, 2.75) is 23.1 Å². The molecule has 0 aromatic heterocycles. The lowest BCUT2D eigenvalue weighted by Crippen LogP contribution is -2.30. The van der Waals surface area contributed by atoms with Gasteiger partial charge in [-0.1, -0.05) is 6.07 Å². The van der Waals surface area contributed by atoms with E-state index in [9.17, 15) is 4.39 Å². The molecule has 1 aromatic rings. The standard InChI is InChI=1S/C11H14FNOS/c1-7(13)8-2-3-11(10(12)4-8)15-9-5-14-6-9/h2-4,7,9H,5-6,13H2,1H3/t7-/m1/s1. The van der Waals surface area contributed by atoms with Crippen LogP contribution in [0.2, 0.25) is 0 Å². The fourth-order valence-corrected chi connectivity index (χ4v) is 2.36. The third kappa shape index (κ3) is 2.51. The number of nitrogens with two attached hydrogens (primary N) is 1. The molecule has 0 bridgehead atoms. The fraction of sp³-hybridized carbons (Fsp3) is 0.455. The molecule has 82 valence electrons. The van der Waals surface area contributed by atoms with E-state index in [0.29, 0.717) is 10.1 Å². The number of thioether (sulfide) groups is 1. The van der Waals surface area contributed by atoms with E-state index in [1.165, 1.54) is 17.8 Å². The Morgan fingerprint density at radius 1 is 1.53 bits per heavy atom. The molecule has 0 radical (unpaired) electrons. The number of hydrogen-bond donors (Lipinski definition) is 1. The Morgan fingerprint density at radius 2 is 2.27 bits per heavy atom. The Labute approximate surface area is 93.0 Å². The zero-order chi connectivity index (χ0) is 10.8. The van der Waals surface area contributed by atoms with Gasteiger partial charge in [0, 0.05) is 10.9 Å². The van der Waals surface area contributed by atoms with E-state index < -0.39 is 0 Å². The van der Waals surface area contributed by atoms with Crippen LogP contribution in [-0.4, -0.2) is 18.5 Å². The van der Waals surface area contributed by atoms with Crippen LogP contribution in [0.3, 0.4) is 0 Å². The molecule has 0 aliphatic carbocycles. The lowest BCUT2D eigenvalue weighted by atomic mass is 10.1. The van der Waals surface area contributed by atoms with Gasteiger partial charge < -0.3 is 10.5 Å². The third-order valence-electron chi connectivity index (χ3n) is 2.38. The van der Waals surface area contributed by atoms with Gasteiger partial charge in [0.25, 0.3) is 0 Å². The smallest absolute Gasteiger partial charge is 0.137 e. The maximum Gasteiger partial charge on any atom is 0.137 e. The van der Waals surface area contributed by atoms with Crippen molar-refractivity contribution in [3.05, 3.63) is 29.6 Å². The summed E-state index contributed by atoms with van der Waals surface area (Å²) in [5.41, 5.74) is 6.51. The van der Waals surface area contributed by atoms with Crippen LogP contribution in [0.15, 0.2) is 23.1 Å². The molecule has 2 N–H and O–H groups in total. The molecule has 1 atom stereocenters. The molecule has 0 unspecified atom stereocenters. The number of halogens is 1. The van der Waals surface area contributed by atoms with Crippen molar-refractivity contribution in [1.82, 2.24) is 0 Å². The van der Waals surface area contributed by atoms with Crippen LogP contribution >= 0.6 is 11.8 Å².